The van der Waals surface area contributed by atoms with Crippen LogP contribution in [-0.2, 0) is 5.41 Å². The lowest BCUT2D eigenvalue weighted by atomic mass is 9.49. The number of rotatable bonds is 4. The molecule has 5 atom stereocenters. The van der Waals surface area contributed by atoms with Crippen LogP contribution in [0.2, 0.25) is 0 Å². The molecular formula is C28H37NO. The van der Waals surface area contributed by atoms with Crippen LogP contribution in [0.5, 0.6) is 0 Å². The lowest BCUT2D eigenvalue weighted by Crippen LogP contribution is -2.54. The number of fused-ring (bicyclic) bond motifs is 1. The van der Waals surface area contributed by atoms with Gasteiger partial charge in [-0.15, -0.1) is 0 Å². The Hall–Kier alpha value is -1.64. The minimum absolute atomic E-state index is 0.0516. The van der Waals surface area contributed by atoms with Crippen molar-refractivity contribution in [3.05, 3.63) is 71.8 Å². The summed E-state index contributed by atoms with van der Waals surface area (Å²) < 4.78 is 0. The normalized spacial score (nSPS) is 33.7. The molecule has 3 fully saturated rings. The first-order valence-electron chi connectivity index (χ1n) is 12.0. The molecule has 1 saturated heterocycles. The first kappa shape index (κ1) is 20.3. The second kappa shape index (κ2) is 7.50. The number of hydrogen-bond acceptors (Lipinski definition) is 2. The first-order chi connectivity index (χ1) is 14.4. The van der Waals surface area contributed by atoms with Gasteiger partial charge in [-0.2, -0.15) is 0 Å². The van der Waals surface area contributed by atoms with Gasteiger partial charge in [-0.3, -0.25) is 4.90 Å². The van der Waals surface area contributed by atoms with Crippen LogP contribution >= 0.6 is 0 Å². The van der Waals surface area contributed by atoms with Crippen molar-refractivity contribution in [3.8, 4) is 0 Å². The van der Waals surface area contributed by atoms with E-state index in [0.717, 1.165) is 25.3 Å². The number of aliphatic hydroxyl groups is 1. The van der Waals surface area contributed by atoms with E-state index in [9.17, 15) is 5.11 Å². The van der Waals surface area contributed by atoms with Gasteiger partial charge in [0.1, 0.15) is 0 Å². The van der Waals surface area contributed by atoms with Crippen molar-refractivity contribution in [3.63, 3.8) is 0 Å². The highest BCUT2D eigenvalue weighted by Gasteiger charge is 2.61. The molecular weight excluding hydrogens is 366 g/mol. The predicted molar refractivity (Wildman–Crippen MR) is 123 cm³/mol. The summed E-state index contributed by atoms with van der Waals surface area (Å²) in [5.41, 5.74) is 3.14. The third-order valence-electron chi connectivity index (χ3n) is 9.04. The Kier molecular flexibility index (Phi) is 5.07. The fourth-order valence-electron chi connectivity index (χ4n) is 7.22. The van der Waals surface area contributed by atoms with Crippen LogP contribution in [-0.4, -0.2) is 34.7 Å². The maximum atomic E-state index is 10.9. The minimum Gasteiger partial charge on any atom is -0.393 e. The highest BCUT2D eigenvalue weighted by molar-refractivity contribution is 5.45. The lowest BCUT2D eigenvalue weighted by Gasteiger charge is -2.53. The molecule has 2 aromatic rings. The molecule has 30 heavy (non-hydrogen) atoms. The molecule has 0 unspecified atom stereocenters. The van der Waals surface area contributed by atoms with Crippen molar-refractivity contribution >= 4 is 0 Å². The van der Waals surface area contributed by atoms with E-state index in [2.05, 4.69) is 86.3 Å². The highest BCUT2D eigenvalue weighted by atomic mass is 16.3. The molecule has 1 heterocycles. The molecule has 0 aromatic heterocycles. The van der Waals surface area contributed by atoms with Gasteiger partial charge >= 0.3 is 0 Å². The molecule has 0 radical (unpaired) electrons. The quantitative estimate of drug-likeness (QED) is 0.729. The molecule has 3 aliphatic rings. The van der Waals surface area contributed by atoms with Gasteiger partial charge in [-0.25, -0.2) is 0 Å². The Bertz CT molecular complexity index is 821. The van der Waals surface area contributed by atoms with Crippen LogP contribution in [0.4, 0.5) is 0 Å². The summed E-state index contributed by atoms with van der Waals surface area (Å²) in [7, 11) is 0. The zero-order valence-corrected chi connectivity index (χ0v) is 18.8. The van der Waals surface area contributed by atoms with E-state index < -0.39 is 0 Å². The van der Waals surface area contributed by atoms with E-state index in [1.54, 1.807) is 0 Å². The van der Waals surface area contributed by atoms with Crippen molar-refractivity contribution in [2.45, 2.75) is 63.5 Å². The van der Waals surface area contributed by atoms with Gasteiger partial charge in [0.25, 0.3) is 0 Å². The average Bonchev–Trinajstić information content (AvgIpc) is 3.09. The standard InChI is InChI=1S/C28H37NO/c1-20-14-15-24(26(30)16-20)27(2,3)29-18-21-17-28(25(21)19-29,22-10-6-4-7-11-22)23-12-8-5-9-13-23/h4-13,20-21,24-26,30H,14-19H2,1-3H3/t20-,21-,24-,25+,26-/m1/s1. The van der Waals surface area contributed by atoms with Crippen molar-refractivity contribution in [2.24, 2.45) is 23.7 Å². The smallest absolute Gasteiger partial charge is 0.0588 e. The topological polar surface area (TPSA) is 23.5 Å². The van der Waals surface area contributed by atoms with E-state index in [1.165, 1.54) is 30.5 Å². The summed E-state index contributed by atoms with van der Waals surface area (Å²) in [6.07, 6.45) is 4.46. The molecule has 0 amide bonds. The lowest BCUT2D eigenvalue weighted by molar-refractivity contribution is -0.0380. The molecule has 2 aromatic carbocycles. The molecule has 2 aliphatic carbocycles. The van der Waals surface area contributed by atoms with Crippen molar-refractivity contribution < 1.29 is 5.11 Å². The molecule has 2 heteroatoms. The van der Waals surface area contributed by atoms with E-state index in [1.807, 2.05) is 0 Å². The van der Waals surface area contributed by atoms with E-state index in [4.69, 9.17) is 0 Å². The Morgan fingerprint density at radius 2 is 1.50 bits per heavy atom. The number of nitrogens with zero attached hydrogens (tertiary/aromatic N) is 1. The monoisotopic (exact) mass is 403 g/mol. The van der Waals surface area contributed by atoms with Gasteiger partial charge in [0.2, 0.25) is 0 Å². The zero-order chi connectivity index (χ0) is 20.9. The Balaban J connectivity index is 1.44. The third-order valence-corrected chi connectivity index (χ3v) is 9.04. The van der Waals surface area contributed by atoms with E-state index in [-0.39, 0.29) is 17.1 Å². The maximum absolute atomic E-state index is 10.9. The number of benzene rings is 2. The number of hydrogen-bond donors (Lipinski definition) is 1. The largest absolute Gasteiger partial charge is 0.393 e. The molecule has 0 bridgehead atoms. The van der Waals surface area contributed by atoms with Crippen LogP contribution in [0.15, 0.2) is 60.7 Å². The summed E-state index contributed by atoms with van der Waals surface area (Å²) >= 11 is 0. The molecule has 5 rings (SSSR count). The molecule has 0 spiro atoms. The molecule has 160 valence electrons. The fraction of sp³-hybridized carbons (Fsp3) is 0.571. The van der Waals surface area contributed by atoms with Crippen LogP contribution in [0.1, 0.15) is 57.6 Å². The predicted octanol–water partition coefficient (Wildman–Crippen LogP) is 5.50. The Morgan fingerprint density at radius 1 is 0.900 bits per heavy atom. The van der Waals surface area contributed by atoms with Crippen LogP contribution < -0.4 is 0 Å². The Labute approximate surface area is 182 Å². The molecule has 1 aliphatic heterocycles. The second-order valence-electron chi connectivity index (χ2n) is 10.9. The van der Waals surface area contributed by atoms with Gasteiger partial charge < -0.3 is 5.11 Å². The van der Waals surface area contributed by atoms with Crippen LogP contribution in [0.25, 0.3) is 0 Å². The minimum atomic E-state index is -0.157. The summed E-state index contributed by atoms with van der Waals surface area (Å²) in [5, 5.41) is 10.9. The van der Waals surface area contributed by atoms with E-state index in [0.29, 0.717) is 17.8 Å². The van der Waals surface area contributed by atoms with Crippen molar-refractivity contribution in [1.29, 1.82) is 0 Å². The van der Waals surface area contributed by atoms with Gasteiger partial charge in [0.15, 0.2) is 0 Å². The zero-order valence-electron chi connectivity index (χ0n) is 18.8. The van der Waals surface area contributed by atoms with Gasteiger partial charge in [-0.1, -0.05) is 74.0 Å². The number of likely N-dealkylation sites (tertiary alicyclic amines) is 1. The van der Waals surface area contributed by atoms with E-state index >= 15 is 0 Å². The average molecular weight is 404 g/mol. The summed E-state index contributed by atoms with van der Waals surface area (Å²) in [4.78, 5) is 2.74. The summed E-state index contributed by atoms with van der Waals surface area (Å²) in [6, 6.07) is 22.4. The molecule has 2 saturated carbocycles. The molecule has 2 nitrogen and oxygen atoms in total. The second-order valence-corrected chi connectivity index (χ2v) is 10.9. The maximum Gasteiger partial charge on any atom is 0.0588 e. The summed E-state index contributed by atoms with van der Waals surface area (Å²) in [5.74, 6) is 2.45. The SMILES string of the molecule is C[C@@H]1CC[C@@H](C(C)(C)N2C[C@H]3CC(c4ccccc4)(c4ccccc4)[C@H]3C2)[C@H](O)C1. The van der Waals surface area contributed by atoms with Crippen molar-refractivity contribution in [1.82, 2.24) is 4.90 Å². The number of aliphatic hydroxyl groups excluding tert-OH is 1. The van der Waals surface area contributed by atoms with Crippen LogP contribution in [0.3, 0.4) is 0 Å². The molecule has 1 N–H and O–H groups in total. The first-order valence-corrected chi connectivity index (χ1v) is 12.0. The third kappa shape index (κ3) is 3.07. The highest BCUT2D eigenvalue weighted by Crippen LogP contribution is 2.60. The van der Waals surface area contributed by atoms with Gasteiger partial charge in [-0.05, 0) is 62.0 Å². The summed E-state index contributed by atoms with van der Waals surface area (Å²) in [6.45, 7) is 9.40. The van der Waals surface area contributed by atoms with Gasteiger partial charge in [0, 0.05) is 30.0 Å². The van der Waals surface area contributed by atoms with Crippen LogP contribution in [0, 0.1) is 23.7 Å². The van der Waals surface area contributed by atoms with Gasteiger partial charge in [0.05, 0.1) is 6.10 Å². The van der Waals surface area contributed by atoms with Crippen molar-refractivity contribution in [2.75, 3.05) is 13.1 Å². The fourth-order valence-corrected chi connectivity index (χ4v) is 7.22. The Morgan fingerprint density at radius 3 is 2.07 bits per heavy atom.